The van der Waals surface area contributed by atoms with Gasteiger partial charge in [-0.2, -0.15) is 0 Å². The predicted molar refractivity (Wildman–Crippen MR) is 115 cm³/mol. The Morgan fingerprint density at radius 2 is 1.32 bits per heavy atom. The molecule has 0 saturated heterocycles. The van der Waals surface area contributed by atoms with Crippen molar-refractivity contribution in [3.63, 3.8) is 0 Å². The van der Waals surface area contributed by atoms with E-state index in [2.05, 4.69) is 36.4 Å². The molecule has 0 fully saturated rings. The molecular weight excluding hydrogens is 391 g/mol. The Labute approximate surface area is 167 Å². The van der Waals surface area contributed by atoms with Gasteiger partial charge >= 0.3 is 6.00 Å². The maximum Gasteiger partial charge on any atom is 0.410 e. The van der Waals surface area contributed by atoms with Crippen LogP contribution in [-0.2, 0) is 4.79 Å². The summed E-state index contributed by atoms with van der Waals surface area (Å²) in [6, 6.07) is 7.34. The topological polar surface area (TPSA) is 17.1 Å². The maximum atomic E-state index is 11.5. The Bertz CT molecular complexity index is 497. The third kappa shape index (κ3) is 12.7. The number of carbonyl (C=O) groups excluding carboxylic acids is 1. The van der Waals surface area contributed by atoms with Crippen molar-refractivity contribution in [2.75, 3.05) is 0 Å². The van der Waals surface area contributed by atoms with E-state index in [0.29, 0.717) is 6.42 Å². The second kappa shape index (κ2) is 13.9. The van der Waals surface area contributed by atoms with Crippen LogP contribution in [0.2, 0.25) is 0 Å². The van der Waals surface area contributed by atoms with E-state index in [9.17, 15) is 4.79 Å². The molecule has 1 rings (SSSR count). The lowest BCUT2D eigenvalue weighted by Gasteiger charge is -2.06. The van der Waals surface area contributed by atoms with Gasteiger partial charge < -0.3 is 4.79 Å². The van der Waals surface area contributed by atoms with Crippen LogP contribution in [0.15, 0.2) is 36.4 Å². The average molecular weight is 420 g/mol. The normalized spacial score (nSPS) is 12.0. The molecule has 0 spiro atoms. The van der Waals surface area contributed by atoms with Gasteiger partial charge in [0.25, 0.3) is 0 Å². The summed E-state index contributed by atoms with van der Waals surface area (Å²) in [5, 5.41) is -0.154. The fourth-order valence-corrected chi connectivity index (χ4v) is 4.02. The summed E-state index contributed by atoms with van der Waals surface area (Å²) in [6.07, 6.45) is 16.9. The fourth-order valence-electron chi connectivity index (χ4n) is 2.71. The van der Waals surface area contributed by atoms with E-state index in [-0.39, 0.29) is 5.41 Å². The van der Waals surface area contributed by atoms with Crippen LogP contribution in [0.3, 0.4) is 0 Å². The summed E-state index contributed by atoms with van der Waals surface area (Å²) in [6.45, 7) is 0. The number of rotatable bonds is 14. The predicted octanol–water partition coefficient (Wildman–Crippen LogP) is 7.75. The van der Waals surface area contributed by atoms with Crippen molar-refractivity contribution in [3.8, 4) is 0 Å². The molecular formula is C20H29Cl3OSi. The summed E-state index contributed by atoms with van der Waals surface area (Å²) in [4.78, 5) is 11.5. The molecule has 0 N–H and O–H groups in total. The monoisotopic (exact) mass is 418 g/mol. The quantitative estimate of drug-likeness (QED) is 0.171. The van der Waals surface area contributed by atoms with Gasteiger partial charge in [-0.1, -0.05) is 87.4 Å². The van der Waals surface area contributed by atoms with E-state index in [1.165, 1.54) is 50.5 Å². The summed E-state index contributed by atoms with van der Waals surface area (Å²) < 4.78 is 0. The molecule has 140 valence electrons. The van der Waals surface area contributed by atoms with Crippen LogP contribution in [-0.4, -0.2) is 11.4 Å². The number of carbonyl (C=O) groups is 1. The molecule has 0 saturated carbocycles. The first-order valence-electron chi connectivity index (χ1n) is 9.32. The zero-order chi connectivity index (χ0) is 18.4. The second-order valence-electron chi connectivity index (χ2n) is 6.45. The summed E-state index contributed by atoms with van der Waals surface area (Å²) in [5.74, 6) is 0. The van der Waals surface area contributed by atoms with Crippen molar-refractivity contribution < 1.29 is 4.79 Å². The third-order valence-corrected chi connectivity index (χ3v) is 6.98. The fraction of sp³-hybridized carbons (Fsp3) is 0.550. The standard InChI is InChI=1S/C20H29Cl3OSi/c21-25(22,23)20(24)18-14-9-7-5-3-1-2-4-6-8-11-15-19-16-12-10-13-17-19/h10-13,15-17H,1-9,14,18H2. The minimum atomic E-state index is -3.11. The molecule has 0 amide bonds. The lowest BCUT2D eigenvalue weighted by atomic mass is 10.1. The molecule has 0 aliphatic rings. The van der Waals surface area contributed by atoms with Gasteiger partial charge in [0, 0.05) is 6.42 Å². The number of allylic oxidation sites excluding steroid dienone is 1. The molecule has 0 unspecified atom stereocenters. The Kier molecular flexibility index (Phi) is 12.6. The van der Waals surface area contributed by atoms with Crippen LogP contribution in [0.5, 0.6) is 0 Å². The highest BCUT2D eigenvalue weighted by Gasteiger charge is 2.34. The molecule has 0 aliphatic carbocycles. The molecule has 0 bridgehead atoms. The van der Waals surface area contributed by atoms with Crippen LogP contribution in [0, 0.1) is 0 Å². The largest absolute Gasteiger partial charge is 0.410 e. The van der Waals surface area contributed by atoms with Crippen molar-refractivity contribution in [3.05, 3.63) is 42.0 Å². The van der Waals surface area contributed by atoms with Gasteiger partial charge in [-0.15, -0.1) is 33.2 Å². The number of benzene rings is 1. The third-order valence-electron chi connectivity index (χ3n) is 4.20. The highest BCUT2D eigenvalue weighted by Crippen LogP contribution is 2.23. The molecule has 1 aromatic rings. The molecule has 0 aromatic heterocycles. The van der Waals surface area contributed by atoms with Crippen molar-refractivity contribution in [2.45, 2.75) is 70.6 Å². The minimum Gasteiger partial charge on any atom is -0.300 e. The number of hydrogen-bond donors (Lipinski definition) is 0. The van der Waals surface area contributed by atoms with Crippen LogP contribution < -0.4 is 0 Å². The van der Waals surface area contributed by atoms with Crippen LogP contribution in [0.4, 0.5) is 0 Å². The summed E-state index contributed by atoms with van der Waals surface area (Å²) in [7, 11) is 0. The number of hydrogen-bond acceptors (Lipinski definition) is 1. The van der Waals surface area contributed by atoms with Gasteiger partial charge in [-0.25, -0.2) is 0 Å². The minimum absolute atomic E-state index is 0.154. The smallest absolute Gasteiger partial charge is 0.300 e. The Morgan fingerprint density at radius 1 is 0.800 bits per heavy atom. The van der Waals surface area contributed by atoms with Gasteiger partial charge in [0.15, 0.2) is 5.41 Å². The molecule has 5 heteroatoms. The van der Waals surface area contributed by atoms with Crippen LogP contribution >= 0.6 is 33.2 Å². The zero-order valence-electron chi connectivity index (χ0n) is 14.9. The van der Waals surface area contributed by atoms with Crippen molar-refractivity contribution >= 4 is 50.7 Å². The highest BCUT2D eigenvalue weighted by atomic mass is 35.8. The molecule has 1 nitrogen and oxygen atoms in total. The first-order valence-corrected chi connectivity index (χ1v) is 14.4. The Balaban J connectivity index is 1.85. The van der Waals surface area contributed by atoms with Gasteiger partial charge in [0.1, 0.15) is 0 Å². The van der Waals surface area contributed by atoms with Gasteiger partial charge in [-0.05, 0) is 24.8 Å². The molecule has 0 atom stereocenters. The average Bonchev–Trinajstić information content (AvgIpc) is 2.58. The Morgan fingerprint density at radius 3 is 1.88 bits per heavy atom. The first-order chi connectivity index (χ1) is 12.0. The lowest BCUT2D eigenvalue weighted by Crippen LogP contribution is -2.24. The van der Waals surface area contributed by atoms with Crippen molar-refractivity contribution in [1.82, 2.24) is 0 Å². The highest BCUT2D eigenvalue weighted by molar-refractivity contribution is 7.75. The van der Waals surface area contributed by atoms with E-state index < -0.39 is 6.00 Å². The molecule has 1 aromatic carbocycles. The van der Waals surface area contributed by atoms with E-state index in [1.54, 1.807) is 0 Å². The summed E-state index contributed by atoms with van der Waals surface area (Å²) in [5.41, 5.74) is 1.28. The van der Waals surface area contributed by atoms with Gasteiger partial charge in [0.2, 0.25) is 0 Å². The summed E-state index contributed by atoms with van der Waals surface area (Å²) >= 11 is 17.0. The van der Waals surface area contributed by atoms with Crippen LogP contribution in [0.25, 0.3) is 6.08 Å². The molecule has 0 aliphatic heterocycles. The van der Waals surface area contributed by atoms with Gasteiger partial charge in [-0.3, -0.25) is 0 Å². The van der Waals surface area contributed by atoms with E-state index in [4.69, 9.17) is 33.2 Å². The molecule has 25 heavy (non-hydrogen) atoms. The van der Waals surface area contributed by atoms with Crippen molar-refractivity contribution in [1.29, 1.82) is 0 Å². The van der Waals surface area contributed by atoms with E-state index in [0.717, 1.165) is 19.3 Å². The van der Waals surface area contributed by atoms with Crippen molar-refractivity contribution in [2.24, 2.45) is 0 Å². The SMILES string of the molecule is O=C(CCCCCCCCCCCC=Cc1ccccc1)[Si](Cl)(Cl)Cl. The van der Waals surface area contributed by atoms with E-state index in [1.807, 2.05) is 6.07 Å². The lowest BCUT2D eigenvalue weighted by molar-refractivity contribution is -0.112. The second-order valence-corrected chi connectivity index (χ2v) is 14.9. The molecule has 0 radical (unpaired) electrons. The number of unbranched alkanes of at least 4 members (excludes halogenated alkanes) is 9. The number of halogens is 3. The van der Waals surface area contributed by atoms with Crippen LogP contribution in [0.1, 0.15) is 76.2 Å². The Hall–Kier alpha value is -0.283. The van der Waals surface area contributed by atoms with Gasteiger partial charge in [0.05, 0.1) is 0 Å². The zero-order valence-corrected chi connectivity index (χ0v) is 18.1. The first kappa shape index (κ1) is 22.8. The maximum absolute atomic E-state index is 11.5. The molecule has 0 heterocycles. The van der Waals surface area contributed by atoms with E-state index >= 15 is 0 Å².